The van der Waals surface area contributed by atoms with Crippen LogP contribution >= 0.6 is 0 Å². The van der Waals surface area contributed by atoms with Gasteiger partial charge in [0.15, 0.2) is 6.61 Å². The Bertz CT molecular complexity index is 743. The molecule has 174 valence electrons. The van der Waals surface area contributed by atoms with Crippen LogP contribution in [0.25, 0.3) is 0 Å². The van der Waals surface area contributed by atoms with E-state index in [1.54, 1.807) is 0 Å². The van der Waals surface area contributed by atoms with E-state index < -0.39 is 12.0 Å². The van der Waals surface area contributed by atoms with Gasteiger partial charge in [-0.15, -0.1) is 0 Å². The molecule has 0 aromatic heterocycles. The van der Waals surface area contributed by atoms with Crippen molar-refractivity contribution in [3.05, 3.63) is 29.3 Å². The maximum atomic E-state index is 11.3. The fraction of sp³-hybridized carbons (Fsp3) is 0.708. The summed E-state index contributed by atoms with van der Waals surface area (Å²) in [6.45, 7) is 10.2. The number of rotatable bonds is 7. The number of primary amides is 1. The summed E-state index contributed by atoms with van der Waals surface area (Å²) in [6, 6.07) is 6.46. The largest absolute Gasteiger partial charge is 0.483 e. The van der Waals surface area contributed by atoms with Crippen LogP contribution in [-0.4, -0.2) is 79.0 Å². The van der Waals surface area contributed by atoms with Gasteiger partial charge in [-0.3, -0.25) is 14.6 Å². The lowest BCUT2D eigenvalue weighted by atomic mass is 9.85. The van der Waals surface area contributed by atoms with Crippen molar-refractivity contribution in [1.29, 1.82) is 0 Å². The Morgan fingerprint density at radius 2 is 2.00 bits per heavy atom. The quantitative estimate of drug-likeness (QED) is 0.683. The molecule has 1 heterocycles. The highest BCUT2D eigenvalue weighted by atomic mass is 16.5. The van der Waals surface area contributed by atoms with Crippen LogP contribution in [0.2, 0.25) is 0 Å². The van der Waals surface area contributed by atoms with E-state index in [2.05, 4.69) is 49.8 Å². The summed E-state index contributed by atoms with van der Waals surface area (Å²) in [7, 11) is 2.06. The van der Waals surface area contributed by atoms with Crippen molar-refractivity contribution in [1.82, 2.24) is 9.80 Å². The van der Waals surface area contributed by atoms with Gasteiger partial charge in [0.2, 0.25) is 0 Å². The van der Waals surface area contributed by atoms with Crippen LogP contribution < -0.4 is 10.5 Å². The van der Waals surface area contributed by atoms with Crippen molar-refractivity contribution < 1.29 is 19.4 Å². The molecule has 0 spiro atoms. The van der Waals surface area contributed by atoms with Crippen molar-refractivity contribution >= 4 is 5.91 Å². The van der Waals surface area contributed by atoms with Gasteiger partial charge in [0, 0.05) is 37.3 Å². The molecule has 7 heteroatoms. The summed E-state index contributed by atoms with van der Waals surface area (Å²) in [5.41, 5.74) is 7.43. The van der Waals surface area contributed by atoms with Crippen LogP contribution in [0.15, 0.2) is 18.2 Å². The molecule has 3 N–H and O–H groups in total. The zero-order valence-electron chi connectivity index (χ0n) is 19.5. The van der Waals surface area contributed by atoms with Gasteiger partial charge in [-0.05, 0) is 36.9 Å². The van der Waals surface area contributed by atoms with Gasteiger partial charge in [-0.1, -0.05) is 39.3 Å². The average Bonchev–Trinajstić information content (AvgIpc) is 2.72. The SMILES string of the molecule is CN(Cc1ccc(C(C)(C)C)cc1OCC(N)=O)[C@@H]1CCC[C@@H](N2CCOCC2)[C@@H]1O. The van der Waals surface area contributed by atoms with Crippen molar-refractivity contribution in [3.63, 3.8) is 0 Å². The molecule has 0 bridgehead atoms. The number of morpholine rings is 1. The van der Waals surface area contributed by atoms with E-state index in [4.69, 9.17) is 15.2 Å². The second-order valence-corrected chi connectivity index (χ2v) is 9.95. The highest BCUT2D eigenvalue weighted by Crippen LogP contribution is 2.32. The van der Waals surface area contributed by atoms with E-state index >= 15 is 0 Å². The number of hydrogen-bond donors (Lipinski definition) is 2. The van der Waals surface area contributed by atoms with E-state index in [1.807, 2.05) is 6.07 Å². The number of carbonyl (C=O) groups excluding carboxylic acids is 1. The lowest BCUT2D eigenvalue weighted by Crippen LogP contribution is -2.57. The number of aliphatic hydroxyl groups excluding tert-OH is 1. The zero-order chi connectivity index (χ0) is 22.6. The summed E-state index contributed by atoms with van der Waals surface area (Å²) in [5.74, 6) is 0.199. The first kappa shape index (κ1) is 24.0. The summed E-state index contributed by atoms with van der Waals surface area (Å²) in [6.07, 6.45) is 2.69. The minimum atomic E-state index is -0.489. The van der Waals surface area contributed by atoms with E-state index in [0.717, 1.165) is 56.7 Å². The Morgan fingerprint density at radius 3 is 2.65 bits per heavy atom. The van der Waals surface area contributed by atoms with Crippen LogP contribution in [0.3, 0.4) is 0 Å². The highest BCUT2D eigenvalue weighted by Gasteiger charge is 2.38. The molecule has 1 saturated heterocycles. The van der Waals surface area contributed by atoms with Crippen molar-refractivity contribution in [2.75, 3.05) is 40.0 Å². The molecule has 31 heavy (non-hydrogen) atoms. The summed E-state index contributed by atoms with van der Waals surface area (Å²) >= 11 is 0. The molecular formula is C24H39N3O4. The van der Waals surface area contributed by atoms with E-state index in [9.17, 15) is 9.90 Å². The van der Waals surface area contributed by atoms with Gasteiger partial charge >= 0.3 is 0 Å². The van der Waals surface area contributed by atoms with Crippen LogP contribution in [0.1, 0.15) is 51.2 Å². The summed E-state index contributed by atoms with van der Waals surface area (Å²) < 4.78 is 11.3. The van der Waals surface area contributed by atoms with Gasteiger partial charge < -0.3 is 20.3 Å². The molecule has 3 rings (SSSR count). The molecule has 7 nitrogen and oxygen atoms in total. The molecule has 0 unspecified atom stereocenters. The van der Waals surface area contributed by atoms with Crippen LogP contribution in [0, 0.1) is 0 Å². The topological polar surface area (TPSA) is 88.3 Å². The number of benzene rings is 1. The molecule has 1 aromatic carbocycles. The van der Waals surface area contributed by atoms with Gasteiger partial charge in [-0.2, -0.15) is 0 Å². The molecule has 1 amide bonds. The minimum absolute atomic E-state index is 0.0276. The Balaban J connectivity index is 1.74. The fourth-order valence-corrected chi connectivity index (χ4v) is 4.74. The zero-order valence-corrected chi connectivity index (χ0v) is 19.5. The monoisotopic (exact) mass is 433 g/mol. The molecule has 1 aromatic rings. The smallest absolute Gasteiger partial charge is 0.255 e. The van der Waals surface area contributed by atoms with Crippen molar-refractivity contribution in [3.8, 4) is 5.75 Å². The number of hydrogen-bond acceptors (Lipinski definition) is 6. The molecule has 0 radical (unpaired) electrons. The molecule has 2 aliphatic rings. The maximum absolute atomic E-state index is 11.3. The first-order valence-electron chi connectivity index (χ1n) is 11.4. The molecular weight excluding hydrogens is 394 g/mol. The second-order valence-electron chi connectivity index (χ2n) is 9.95. The Hall–Kier alpha value is -1.67. The van der Waals surface area contributed by atoms with Gasteiger partial charge in [0.1, 0.15) is 5.75 Å². The standard InChI is InChI=1S/C24H39N3O4/c1-24(2,3)18-9-8-17(21(14-18)31-16-22(25)28)15-26(4)19-6-5-7-20(23(19)29)27-10-12-30-13-11-27/h8-9,14,19-20,23,29H,5-7,10-13,15-16H2,1-4H3,(H2,25,28)/t19-,20-,23-/m1/s1. The third-order valence-corrected chi connectivity index (χ3v) is 6.59. The Kier molecular flexibility index (Phi) is 7.97. The van der Waals surface area contributed by atoms with E-state index in [1.165, 1.54) is 0 Å². The number of likely N-dealkylation sites (N-methyl/N-ethyl adjacent to an activating group) is 1. The molecule has 1 aliphatic carbocycles. The molecule has 2 fully saturated rings. The average molecular weight is 434 g/mol. The van der Waals surface area contributed by atoms with E-state index in [0.29, 0.717) is 12.3 Å². The lowest BCUT2D eigenvalue weighted by molar-refractivity contribution is -0.119. The molecule has 3 atom stereocenters. The number of nitrogens with two attached hydrogens (primary N) is 1. The number of carbonyl (C=O) groups is 1. The third-order valence-electron chi connectivity index (χ3n) is 6.59. The lowest BCUT2D eigenvalue weighted by Gasteiger charge is -2.45. The minimum Gasteiger partial charge on any atom is -0.483 e. The summed E-state index contributed by atoms with van der Waals surface area (Å²) in [5, 5.41) is 11.2. The first-order chi connectivity index (χ1) is 14.7. The number of aliphatic hydroxyl groups is 1. The van der Waals surface area contributed by atoms with Crippen LogP contribution in [0.4, 0.5) is 0 Å². The van der Waals surface area contributed by atoms with Crippen molar-refractivity contribution in [2.24, 2.45) is 5.73 Å². The van der Waals surface area contributed by atoms with Crippen LogP contribution in [-0.2, 0) is 21.5 Å². The number of ether oxygens (including phenoxy) is 2. The van der Waals surface area contributed by atoms with Crippen LogP contribution in [0.5, 0.6) is 5.75 Å². The molecule has 1 aliphatic heterocycles. The van der Waals surface area contributed by atoms with Crippen molar-refractivity contribution in [2.45, 2.75) is 70.2 Å². The predicted molar refractivity (Wildman–Crippen MR) is 121 cm³/mol. The maximum Gasteiger partial charge on any atom is 0.255 e. The summed E-state index contributed by atoms with van der Waals surface area (Å²) in [4.78, 5) is 15.9. The van der Waals surface area contributed by atoms with Gasteiger partial charge in [0.25, 0.3) is 5.91 Å². The Morgan fingerprint density at radius 1 is 1.29 bits per heavy atom. The fourth-order valence-electron chi connectivity index (χ4n) is 4.74. The van der Waals surface area contributed by atoms with Gasteiger partial charge in [-0.25, -0.2) is 0 Å². The first-order valence-corrected chi connectivity index (χ1v) is 11.4. The normalized spacial score (nSPS) is 25.5. The van der Waals surface area contributed by atoms with E-state index in [-0.39, 0.29) is 24.1 Å². The predicted octanol–water partition coefficient (Wildman–Crippen LogP) is 1.89. The second kappa shape index (κ2) is 10.3. The number of nitrogens with zero attached hydrogens (tertiary/aromatic N) is 2. The Labute approximate surface area is 186 Å². The number of amides is 1. The molecule has 1 saturated carbocycles. The highest BCUT2D eigenvalue weighted by molar-refractivity contribution is 5.75. The third kappa shape index (κ3) is 6.19. The van der Waals surface area contributed by atoms with Gasteiger partial charge in [0.05, 0.1) is 19.3 Å².